The van der Waals surface area contributed by atoms with Crippen molar-refractivity contribution in [2.75, 3.05) is 0 Å². The lowest BCUT2D eigenvalue weighted by molar-refractivity contribution is -0.146. The number of nitrogens with zero attached hydrogens (tertiary/aromatic N) is 3. The molecule has 3 aromatic heterocycles. The lowest BCUT2D eigenvalue weighted by Gasteiger charge is -2.24. The number of aryl methyl sites for hydroxylation is 1. The van der Waals surface area contributed by atoms with Gasteiger partial charge in [0.1, 0.15) is 29.0 Å². The molecular formula is C30H29N3O6S. The average Bonchev–Trinajstić information content (AvgIpc) is 3.58. The Kier molecular flexibility index (Phi) is 7.20. The van der Waals surface area contributed by atoms with Crippen LogP contribution in [0.5, 0.6) is 5.75 Å². The summed E-state index contributed by atoms with van der Waals surface area (Å²) in [5, 5.41) is 10.2. The van der Waals surface area contributed by atoms with E-state index in [0.717, 1.165) is 15.7 Å². The molecule has 5 rings (SSSR count). The Bertz CT molecular complexity index is 1800. The molecule has 1 atom stereocenters. The molecule has 1 N–H and O–H groups in total. The first kappa shape index (κ1) is 27.1. The van der Waals surface area contributed by atoms with Crippen LogP contribution in [-0.2, 0) is 23.5 Å². The van der Waals surface area contributed by atoms with Gasteiger partial charge in [-0.1, -0.05) is 55.5 Å². The minimum atomic E-state index is -1.78. The number of benzene rings is 2. The Morgan fingerprint density at radius 1 is 1.12 bits per heavy atom. The van der Waals surface area contributed by atoms with E-state index >= 15 is 0 Å². The fourth-order valence-electron chi connectivity index (χ4n) is 4.76. The molecule has 0 amide bonds. The second-order valence-corrected chi connectivity index (χ2v) is 11.2. The molecule has 3 heterocycles. The molecule has 0 aliphatic carbocycles. The number of oxazole rings is 1. The standard InChI is InChI=1S/C30H29N3O6S/c1-18(21-12-8-9-13-22(21)39-17-20-10-6-5-7-11-20)16-32-27-23(19(2)24(40-27)25-31-14-15-38-25)26(34)33(29(32)37)30(3,4)28(35)36/h5-15,18H,16-17H2,1-4H3,(H,35,36). The van der Waals surface area contributed by atoms with E-state index in [1.165, 1.54) is 42.2 Å². The summed E-state index contributed by atoms with van der Waals surface area (Å²) in [4.78, 5) is 45.1. The summed E-state index contributed by atoms with van der Waals surface area (Å²) < 4.78 is 14.0. The highest BCUT2D eigenvalue weighted by Gasteiger charge is 2.35. The Balaban J connectivity index is 1.64. The molecule has 0 aliphatic heterocycles. The van der Waals surface area contributed by atoms with Crippen molar-refractivity contribution in [1.29, 1.82) is 0 Å². The van der Waals surface area contributed by atoms with Gasteiger partial charge < -0.3 is 14.3 Å². The van der Waals surface area contributed by atoms with Crippen LogP contribution in [0, 0.1) is 6.92 Å². The van der Waals surface area contributed by atoms with E-state index in [-0.39, 0.29) is 17.8 Å². The number of thiophene rings is 1. The van der Waals surface area contributed by atoms with Crippen molar-refractivity contribution >= 4 is 27.5 Å². The zero-order valence-corrected chi connectivity index (χ0v) is 23.4. The van der Waals surface area contributed by atoms with Crippen molar-refractivity contribution in [2.24, 2.45) is 0 Å². The minimum absolute atomic E-state index is 0.183. The van der Waals surface area contributed by atoms with Gasteiger partial charge >= 0.3 is 11.7 Å². The number of para-hydroxylation sites is 1. The zero-order valence-electron chi connectivity index (χ0n) is 22.6. The van der Waals surface area contributed by atoms with Crippen LogP contribution >= 0.6 is 11.3 Å². The van der Waals surface area contributed by atoms with Crippen LogP contribution in [0.2, 0.25) is 0 Å². The van der Waals surface area contributed by atoms with E-state index in [4.69, 9.17) is 9.15 Å². The maximum atomic E-state index is 13.9. The number of ether oxygens (including phenoxy) is 1. The molecule has 9 nitrogen and oxygen atoms in total. The summed E-state index contributed by atoms with van der Waals surface area (Å²) in [6.07, 6.45) is 2.94. The number of carboxylic acids is 1. The third-order valence-corrected chi connectivity index (χ3v) is 8.37. The molecule has 0 bridgehead atoms. The van der Waals surface area contributed by atoms with Crippen LogP contribution in [0.4, 0.5) is 0 Å². The third kappa shape index (κ3) is 4.75. The summed E-state index contributed by atoms with van der Waals surface area (Å²) in [5.41, 5.74) is -0.639. The Hall–Kier alpha value is -4.44. The zero-order chi connectivity index (χ0) is 28.6. The van der Waals surface area contributed by atoms with Crippen LogP contribution in [-0.4, -0.2) is 25.2 Å². The van der Waals surface area contributed by atoms with E-state index in [9.17, 15) is 19.5 Å². The Morgan fingerprint density at radius 2 is 1.82 bits per heavy atom. The number of hydrogen-bond donors (Lipinski definition) is 1. The van der Waals surface area contributed by atoms with Crippen molar-refractivity contribution in [1.82, 2.24) is 14.1 Å². The summed E-state index contributed by atoms with van der Waals surface area (Å²) >= 11 is 1.23. The van der Waals surface area contributed by atoms with Gasteiger partial charge in [0.05, 0.1) is 16.5 Å². The maximum absolute atomic E-state index is 13.9. The lowest BCUT2D eigenvalue weighted by Crippen LogP contribution is -2.52. The van der Waals surface area contributed by atoms with E-state index in [0.29, 0.717) is 33.5 Å². The van der Waals surface area contributed by atoms with Gasteiger partial charge in [0.25, 0.3) is 5.56 Å². The first-order chi connectivity index (χ1) is 19.1. The van der Waals surface area contributed by atoms with Crippen LogP contribution < -0.4 is 16.0 Å². The molecule has 40 heavy (non-hydrogen) atoms. The topological polar surface area (TPSA) is 117 Å². The first-order valence-electron chi connectivity index (χ1n) is 12.8. The van der Waals surface area contributed by atoms with Crippen LogP contribution in [0.1, 0.15) is 43.4 Å². The quantitative estimate of drug-likeness (QED) is 0.257. The van der Waals surface area contributed by atoms with Crippen molar-refractivity contribution in [3.8, 4) is 16.5 Å². The fraction of sp³-hybridized carbons (Fsp3) is 0.267. The summed E-state index contributed by atoms with van der Waals surface area (Å²) in [6.45, 7) is 6.99. The van der Waals surface area contributed by atoms with Gasteiger partial charge in [0, 0.05) is 12.5 Å². The normalized spacial score (nSPS) is 12.5. The van der Waals surface area contributed by atoms with E-state index < -0.39 is 22.8 Å². The predicted octanol–water partition coefficient (Wildman–Crippen LogP) is 5.39. The Morgan fingerprint density at radius 3 is 2.50 bits per heavy atom. The largest absolute Gasteiger partial charge is 0.489 e. The van der Waals surface area contributed by atoms with Crippen LogP contribution in [0.15, 0.2) is 81.1 Å². The smallest absolute Gasteiger partial charge is 0.333 e. The van der Waals surface area contributed by atoms with E-state index in [1.807, 2.05) is 61.5 Å². The van der Waals surface area contributed by atoms with E-state index in [1.54, 1.807) is 6.92 Å². The molecule has 1 unspecified atom stereocenters. The lowest BCUT2D eigenvalue weighted by atomic mass is 9.99. The molecule has 2 aromatic carbocycles. The maximum Gasteiger partial charge on any atom is 0.333 e. The van der Waals surface area contributed by atoms with Crippen molar-refractivity contribution < 1.29 is 19.1 Å². The van der Waals surface area contributed by atoms with Crippen LogP contribution in [0.3, 0.4) is 0 Å². The van der Waals surface area contributed by atoms with Gasteiger partial charge in [0.2, 0.25) is 5.89 Å². The van der Waals surface area contributed by atoms with Crippen LogP contribution in [0.25, 0.3) is 21.0 Å². The molecular weight excluding hydrogens is 530 g/mol. The third-order valence-electron chi connectivity index (χ3n) is 7.06. The van der Waals surface area contributed by atoms with Crippen molar-refractivity contribution in [2.45, 2.75) is 52.3 Å². The predicted molar refractivity (Wildman–Crippen MR) is 153 cm³/mol. The number of aromatic nitrogens is 3. The van der Waals surface area contributed by atoms with Gasteiger partial charge in [-0.05, 0) is 43.5 Å². The van der Waals surface area contributed by atoms with Gasteiger partial charge in [0.15, 0.2) is 0 Å². The molecule has 206 valence electrons. The highest BCUT2D eigenvalue weighted by Crippen LogP contribution is 2.37. The monoisotopic (exact) mass is 559 g/mol. The first-order valence-corrected chi connectivity index (χ1v) is 13.6. The number of carboxylic acid groups (broad SMARTS) is 1. The molecule has 0 saturated carbocycles. The highest BCUT2D eigenvalue weighted by molar-refractivity contribution is 7.22. The molecule has 0 spiro atoms. The van der Waals surface area contributed by atoms with Crippen molar-refractivity contribution in [3.63, 3.8) is 0 Å². The SMILES string of the molecule is Cc1c(-c2ncco2)sc2c1c(=O)n(C(C)(C)C(=O)O)c(=O)n2CC(C)c1ccccc1OCc1ccccc1. The van der Waals surface area contributed by atoms with Gasteiger partial charge in [-0.25, -0.2) is 19.1 Å². The van der Waals surface area contributed by atoms with Gasteiger partial charge in [-0.15, -0.1) is 11.3 Å². The average molecular weight is 560 g/mol. The number of fused-ring (bicyclic) bond motifs is 1. The number of carbonyl (C=O) groups is 1. The molecule has 0 saturated heterocycles. The summed E-state index contributed by atoms with van der Waals surface area (Å²) in [6, 6.07) is 17.5. The Labute approximate surface area is 233 Å². The minimum Gasteiger partial charge on any atom is -0.489 e. The summed E-state index contributed by atoms with van der Waals surface area (Å²) in [5.74, 6) is -0.496. The molecule has 10 heteroatoms. The molecule has 0 aliphatic rings. The van der Waals surface area contributed by atoms with Gasteiger partial charge in [-0.2, -0.15) is 0 Å². The van der Waals surface area contributed by atoms with Gasteiger partial charge in [-0.3, -0.25) is 9.36 Å². The number of hydrogen-bond acceptors (Lipinski definition) is 7. The second kappa shape index (κ2) is 10.6. The van der Waals surface area contributed by atoms with Crippen molar-refractivity contribution in [3.05, 3.63) is 105 Å². The number of rotatable bonds is 9. The fourth-order valence-corrected chi connectivity index (χ4v) is 6.00. The summed E-state index contributed by atoms with van der Waals surface area (Å²) in [7, 11) is 0. The van der Waals surface area contributed by atoms with E-state index in [2.05, 4.69) is 4.98 Å². The highest BCUT2D eigenvalue weighted by atomic mass is 32.1. The second-order valence-electron chi connectivity index (χ2n) is 10.2. The molecule has 0 fully saturated rings. The molecule has 0 radical (unpaired) electrons. The number of aliphatic carboxylic acids is 1. The molecule has 5 aromatic rings.